The van der Waals surface area contributed by atoms with Crippen LogP contribution in [0.1, 0.15) is 6.42 Å². The molecule has 3 aliphatic rings. The second-order valence-corrected chi connectivity index (χ2v) is 6.97. The number of hydrogen-bond donors (Lipinski definition) is 1. The zero-order chi connectivity index (χ0) is 14.9. The van der Waals surface area contributed by atoms with E-state index in [2.05, 4.69) is 9.71 Å². The van der Waals surface area contributed by atoms with Crippen molar-refractivity contribution >= 4 is 34.2 Å². The van der Waals surface area contributed by atoms with Gasteiger partial charge < -0.3 is 15.1 Å². The Balaban J connectivity index is 0.00000176. The van der Waals surface area contributed by atoms with Gasteiger partial charge >= 0.3 is 0 Å². The van der Waals surface area contributed by atoms with Gasteiger partial charge in [-0.3, -0.25) is 4.79 Å². The van der Waals surface area contributed by atoms with Crippen LogP contribution in [0.3, 0.4) is 0 Å². The predicted octanol–water partition coefficient (Wildman–Crippen LogP) is -0.272. The number of nitrogens with one attached hydrogen (secondary N) is 1. The Kier molecular flexibility index (Phi) is 5.25. The first-order chi connectivity index (χ1) is 10.1. The van der Waals surface area contributed by atoms with Gasteiger partial charge in [-0.15, -0.1) is 16.8 Å². The molecule has 1 fully saturated rings. The van der Waals surface area contributed by atoms with Gasteiger partial charge in [-0.25, -0.2) is 8.42 Å². The van der Waals surface area contributed by atoms with E-state index < -0.39 is 10.0 Å². The van der Waals surface area contributed by atoms with Gasteiger partial charge in [-0.05, 0) is 25.1 Å². The fraction of sp³-hybridized carbons (Fsp3) is 0.538. The number of amidine groups is 1. The quantitative estimate of drug-likeness (QED) is 0.706. The molecule has 0 aromatic rings. The van der Waals surface area contributed by atoms with Gasteiger partial charge in [0.15, 0.2) is 5.84 Å². The van der Waals surface area contributed by atoms with Crippen molar-refractivity contribution in [2.24, 2.45) is 4.40 Å². The number of amides is 1. The van der Waals surface area contributed by atoms with Crippen LogP contribution in [0, 0.1) is 0 Å². The molecular formula is C13H19ClN4O3S. The zero-order valence-corrected chi connectivity index (χ0v) is 13.7. The fourth-order valence-corrected chi connectivity index (χ4v) is 3.59. The molecule has 22 heavy (non-hydrogen) atoms. The third-order valence-electron chi connectivity index (χ3n) is 3.72. The minimum absolute atomic E-state index is 0. The molecule has 1 N–H and O–H groups in total. The Bertz CT molecular complexity index is 634. The van der Waals surface area contributed by atoms with Crippen LogP contribution in [0.25, 0.3) is 0 Å². The minimum atomic E-state index is -3.47. The van der Waals surface area contributed by atoms with Crippen LogP contribution >= 0.6 is 12.4 Å². The summed E-state index contributed by atoms with van der Waals surface area (Å²) in [7, 11) is -3.47. The van der Waals surface area contributed by atoms with Crippen LogP contribution in [0.2, 0.25) is 0 Å². The first kappa shape index (κ1) is 17.0. The molecule has 0 atom stereocenters. The van der Waals surface area contributed by atoms with E-state index in [1.165, 1.54) is 0 Å². The third-order valence-corrected chi connectivity index (χ3v) is 4.86. The number of hydrogen-bond acceptors (Lipinski definition) is 5. The van der Waals surface area contributed by atoms with Crippen molar-refractivity contribution in [3.63, 3.8) is 0 Å². The van der Waals surface area contributed by atoms with E-state index in [-0.39, 0.29) is 29.9 Å². The Hall–Kier alpha value is -1.38. The molecule has 3 rings (SSSR count). The smallest absolute Gasteiger partial charge is 0.257 e. The summed E-state index contributed by atoms with van der Waals surface area (Å²) in [5.74, 6) is 0.0884. The third kappa shape index (κ3) is 3.50. The van der Waals surface area contributed by atoms with Gasteiger partial charge in [0.25, 0.3) is 15.9 Å². The average molecular weight is 347 g/mol. The molecule has 0 aliphatic carbocycles. The summed E-state index contributed by atoms with van der Waals surface area (Å²) in [4.78, 5) is 16.1. The summed E-state index contributed by atoms with van der Waals surface area (Å²) in [6, 6.07) is 0. The summed E-state index contributed by atoms with van der Waals surface area (Å²) in [5.41, 5.74) is 0.364. The van der Waals surface area contributed by atoms with Gasteiger partial charge in [-0.2, -0.15) is 0 Å². The van der Waals surface area contributed by atoms with Crippen molar-refractivity contribution in [1.29, 1.82) is 0 Å². The zero-order valence-electron chi connectivity index (χ0n) is 12.1. The van der Waals surface area contributed by atoms with Gasteiger partial charge in [0, 0.05) is 32.4 Å². The molecule has 3 heterocycles. The Labute approximate surface area is 136 Å². The lowest BCUT2D eigenvalue weighted by molar-refractivity contribution is -0.126. The van der Waals surface area contributed by atoms with Crippen LogP contribution in [0.5, 0.6) is 0 Å². The monoisotopic (exact) mass is 346 g/mol. The summed E-state index contributed by atoms with van der Waals surface area (Å²) in [5, 5.41) is 3.24. The summed E-state index contributed by atoms with van der Waals surface area (Å²) >= 11 is 0. The highest BCUT2D eigenvalue weighted by molar-refractivity contribution is 7.90. The first-order valence-electron chi connectivity index (χ1n) is 7.05. The number of halogens is 1. The summed E-state index contributed by atoms with van der Waals surface area (Å²) < 4.78 is 27.2. The van der Waals surface area contributed by atoms with Crippen molar-refractivity contribution < 1.29 is 13.2 Å². The Morgan fingerprint density at radius 3 is 2.86 bits per heavy atom. The number of sulfonamides is 1. The average Bonchev–Trinajstić information content (AvgIpc) is 2.74. The van der Waals surface area contributed by atoms with Gasteiger partial charge in [-0.1, -0.05) is 0 Å². The molecule has 9 heteroatoms. The van der Waals surface area contributed by atoms with E-state index in [1.54, 1.807) is 28.2 Å². The number of nitrogens with zero attached hydrogens (tertiary/aromatic N) is 3. The maximum Gasteiger partial charge on any atom is 0.257 e. The molecule has 0 aromatic carbocycles. The van der Waals surface area contributed by atoms with Crippen LogP contribution in [0.15, 0.2) is 28.3 Å². The van der Waals surface area contributed by atoms with Crippen molar-refractivity contribution in [2.45, 2.75) is 6.42 Å². The van der Waals surface area contributed by atoms with E-state index in [4.69, 9.17) is 0 Å². The highest BCUT2D eigenvalue weighted by Gasteiger charge is 2.32. The molecule has 1 amide bonds. The minimum Gasteiger partial charge on any atom is -0.337 e. The van der Waals surface area contributed by atoms with E-state index in [0.29, 0.717) is 25.2 Å². The van der Waals surface area contributed by atoms with E-state index >= 15 is 0 Å². The molecule has 0 unspecified atom stereocenters. The van der Waals surface area contributed by atoms with Crippen LogP contribution < -0.4 is 5.32 Å². The van der Waals surface area contributed by atoms with Gasteiger partial charge in [0.1, 0.15) is 0 Å². The summed E-state index contributed by atoms with van der Waals surface area (Å²) in [6.45, 7) is 3.28. The highest BCUT2D eigenvalue weighted by atomic mass is 35.5. The van der Waals surface area contributed by atoms with Crippen LogP contribution in [0.4, 0.5) is 0 Å². The van der Waals surface area contributed by atoms with Gasteiger partial charge in [0.05, 0.1) is 11.3 Å². The van der Waals surface area contributed by atoms with Gasteiger partial charge in [0.2, 0.25) is 0 Å². The van der Waals surface area contributed by atoms with E-state index in [9.17, 15) is 13.2 Å². The van der Waals surface area contributed by atoms with Crippen molar-refractivity contribution in [3.05, 3.63) is 23.9 Å². The maximum atomic E-state index is 12.7. The SMILES string of the molecule is Cl.O=C(C1=CC=CN2CCS(=O)(=O)N=C12)N1CCCNCC1. The Morgan fingerprint density at radius 1 is 1.23 bits per heavy atom. The Morgan fingerprint density at radius 2 is 2.05 bits per heavy atom. The van der Waals surface area contributed by atoms with Crippen LogP contribution in [-0.2, 0) is 14.8 Å². The van der Waals surface area contributed by atoms with Crippen LogP contribution in [-0.4, -0.2) is 68.4 Å². The molecule has 0 bridgehead atoms. The van der Waals surface area contributed by atoms with Crippen molar-refractivity contribution in [3.8, 4) is 0 Å². The molecule has 1 saturated heterocycles. The number of carbonyl (C=O) groups is 1. The topological polar surface area (TPSA) is 82.1 Å². The predicted molar refractivity (Wildman–Crippen MR) is 86.5 cm³/mol. The highest BCUT2D eigenvalue weighted by Crippen LogP contribution is 2.19. The second-order valence-electron chi connectivity index (χ2n) is 5.21. The van der Waals surface area contributed by atoms with E-state index in [0.717, 1.165) is 19.5 Å². The first-order valence-corrected chi connectivity index (χ1v) is 8.66. The molecule has 3 aliphatic heterocycles. The number of fused-ring (bicyclic) bond motifs is 1. The lowest BCUT2D eigenvalue weighted by atomic mass is 10.1. The lowest BCUT2D eigenvalue weighted by Crippen LogP contribution is -2.44. The summed E-state index contributed by atoms with van der Waals surface area (Å²) in [6.07, 6.45) is 6.06. The molecular weight excluding hydrogens is 328 g/mol. The molecule has 7 nitrogen and oxygen atoms in total. The number of carbonyl (C=O) groups excluding carboxylic acids is 1. The second kappa shape index (κ2) is 6.80. The normalized spacial score (nSPS) is 23.6. The molecule has 0 spiro atoms. The van der Waals surface area contributed by atoms with Crippen molar-refractivity contribution in [1.82, 2.24) is 15.1 Å². The standard InChI is InChI=1S/C13H18N4O3S.ClH/c18-13(17-7-2-4-14-5-8-17)11-3-1-6-16-9-10-21(19,20)15-12(11)16;/h1,3,6,14H,2,4-5,7-10H2;1H. The maximum absolute atomic E-state index is 12.7. The molecule has 0 aromatic heterocycles. The fourth-order valence-electron chi connectivity index (χ4n) is 2.60. The largest absolute Gasteiger partial charge is 0.337 e. The number of allylic oxidation sites excluding steroid dienone is 2. The number of rotatable bonds is 1. The lowest BCUT2D eigenvalue weighted by Gasteiger charge is -2.30. The molecule has 0 saturated carbocycles. The van der Waals surface area contributed by atoms with E-state index in [1.807, 2.05) is 0 Å². The molecule has 122 valence electrons. The van der Waals surface area contributed by atoms with Crippen molar-refractivity contribution in [2.75, 3.05) is 38.5 Å². The molecule has 0 radical (unpaired) electrons.